The molecule has 0 spiro atoms. The molecular weight excluding hydrogens is 420 g/mol. The molecule has 0 amide bonds. The van der Waals surface area contributed by atoms with E-state index in [9.17, 15) is 0 Å². The predicted molar refractivity (Wildman–Crippen MR) is 159 cm³/mol. The van der Waals surface area contributed by atoms with E-state index in [1.54, 1.807) is 0 Å². The SMILES string of the molecule is C=C1C(C)C(=C)[C@@](CC)(C(C)(C)C)[C@@](C)(CC)C1[C@]1(C)C[C@](C)(C(C)(C)CC)[C@@](C)(CC)C1(C)C. The second-order valence-corrected chi connectivity index (χ2v) is 16.0. The van der Waals surface area contributed by atoms with Crippen LogP contribution < -0.4 is 0 Å². The van der Waals surface area contributed by atoms with E-state index < -0.39 is 0 Å². The summed E-state index contributed by atoms with van der Waals surface area (Å²) in [5, 5.41) is 0. The van der Waals surface area contributed by atoms with Gasteiger partial charge in [-0.1, -0.05) is 142 Å². The topological polar surface area (TPSA) is 0 Å². The molecule has 2 rings (SSSR count). The summed E-state index contributed by atoms with van der Waals surface area (Å²) in [4.78, 5) is 0. The maximum atomic E-state index is 4.95. The molecule has 0 bridgehead atoms. The molecule has 0 radical (unpaired) electrons. The largest absolute Gasteiger partial charge is 0.0989 e. The molecule has 0 heteroatoms. The molecule has 0 aromatic carbocycles. The van der Waals surface area contributed by atoms with Crippen LogP contribution in [0.5, 0.6) is 0 Å². The Morgan fingerprint density at radius 3 is 1.63 bits per heavy atom. The molecule has 0 saturated heterocycles. The fourth-order valence-electron chi connectivity index (χ4n) is 11.1. The van der Waals surface area contributed by atoms with E-state index in [1.165, 1.54) is 30.4 Å². The number of allylic oxidation sites excluding steroid dienone is 2. The minimum atomic E-state index is 0.0704. The van der Waals surface area contributed by atoms with Gasteiger partial charge in [-0.3, -0.25) is 0 Å². The van der Waals surface area contributed by atoms with E-state index in [-0.39, 0.29) is 43.3 Å². The first kappa shape index (κ1) is 30.7. The quantitative estimate of drug-likeness (QED) is 0.329. The second-order valence-electron chi connectivity index (χ2n) is 16.0. The van der Waals surface area contributed by atoms with Crippen molar-refractivity contribution in [3.63, 3.8) is 0 Å². The zero-order valence-electron chi connectivity index (χ0n) is 27.1. The van der Waals surface area contributed by atoms with Gasteiger partial charge in [-0.25, -0.2) is 0 Å². The summed E-state index contributed by atoms with van der Waals surface area (Å²) in [5.41, 5.74) is 4.25. The molecular formula is C35H64. The first-order valence-electron chi connectivity index (χ1n) is 14.9. The summed E-state index contributed by atoms with van der Waals surface area (Å²) in [6.45, 7) is 50.4. The van der Waals surface area contributed by atoms with Gasteiger partial charge < -0.3 is 0 Å². The Kier molecular flexibility index (Phi) is 7.45. The molecule has 35 heavy (non-hydrogen) atoms. The highest BCUT2D eigenvalue weighted by atomic mass is 14.8. The van der Waals surface area contributed by atoms with E-state index in [4.69, 9.17) is 13.2 Å². The smallest absolute Gasteiger partial charge is 0.00205 e. The third kappa shape index (κ3) is 3.22. The van der Waals surface area contributed by atoms with Crippen LogP contribution >= 0.6 is 0 Å². The Morgan fingerprint density at radius 1 is 0.800 bits per heavy atom. The third-order valence-electron chi connectivity index (χ3n) is 14.6. The Bertz CT molecular complexity index is 848. The van der Waals surface area contributed by atoms with Crippen LogP contribution in [0.25, 0.3) is 0 Å². The summed E-state index contributed by atoms with van der Waals surface area (Å²) in [6, 6.07) is 0. The van der Waals surface area contributed by atoms with Crippen LogP contribution in [-0.4, -0.2) is 0 Å². The second kappa shape index (κ2) is 8.50. The van der Waals surface area contributed by atoms with Crippen molar-refractivity contribution >= 4 is 0 Å². The fourth-order valence-corrected chi connectivity index (χ4v) is 11.1. The summed E-state index contributed by atoms with van der Waals surface area (Å²) >= 11 is 0. The van der Waals surface area contributed by atoms with Crippen LogP contribution in [0.15, 0.2) is 24.3 Å². The average Bonchev–Trinajstić information content (AvgIpc) is 2.87. The van der Waals surface area contributed by atoms with Crippen LogP contribution in [0.4, 0.5) is 0 Å². The molecule has 0 aliphatic heterocycles. The summed E-state index contributed by atoms with van der Waals surface area (Å²) in [6.07, 6.45) is 6.01. The Labute approximate surface area is 222 Å². The van der Waals surface area contributed by atoms with Crippen LogP contribution in [-0.2, 0) is 0 Å². The van der Waals surface area contributed by atoms with Crippen LogP contribution in [0.3, 0.4) is 0 Å². The molecule has 0 aromatic rings. The van der Waals surface area contributed by atoms with E-state index in [0.29, 0.717) is 11.8 Å². The van der Waals surface area contributed by atoms with E-state index in [0.717, 1.165) is 12.8 Å². The van der Waals surface area contributed by atoms with Crippen molar-refractivity contribution in [3.8, 4) is 0 Å². The summed E-state index contributed by atoms with van der Waals surface area (Å²) < 4.78 is 0. The normalized spacial score (nSPS) is 44.7. The standard InChI is InChI=1S/C35H64/c1-19-29(11,12)34(18)23-32(16,30(13,14)33(34,17)21-3)27-25(6)24(5)26(7)35(22-4,28(8,9)10)31(27,15)20-2/h24,27H,6-7,19-23H2,1-5,8-18H3/t24?,27?,31-,32-,33-,34+,35-/m0/s1. The molecule has 2 aliphatic carbocycles. The lowest BCUT2D eigenvalue weighted by Crippen LogP contribution is -2.63. The minimum Gasteiger partial charge on any atom is -0.0989 e. The molecule has 0 N–H and O–H groups in total. The van der Waals surface area contributed by atoms with Gasteiger partial charge >= 0.3 is 0 Å². The van der Waals surface area contributed by atoms with Crippen molar-refractivity contribution in [2.24, 2.45) is 55.2 Å². The highest BCUT2D eigenvalue weighted by Crippen LogP contribution is 2.82. The first-order valence-corrected chi connectivity index (χ1v) is 14.9. The van der Waals surface area contributed by atoms with Crippen molar-refractivity contribution in [2.45, 2.75) is 143 Å². The molecule has 2 saturated carbocycles. The van der Waals surface area contributed by atoms with Gasteiger partial charge in [0.1, 0.15) is 0 Å². The monoisotopic (exact) mass is 485 g/mol. The molecule has 7 atom stereocenters. The third-order valence-corrected chi connectivity index (χ3v) is 14.6. The van der Waals surface area contributed by atoms with E-state index in [1.807, 2.05) is 0 Å². The summed E-state index contributed by atoms with van der Waals surface area (Å²) in [5.74, 6) is 0.806. The van der Waals surface area contributed by atoms with Crippen molar-refractivity contribution in [2.75, 3.05) is 0 Å². The van der Waals surface area contributed by atoms with Crippen LogP contribution in [0, 0.1) is 55.2 Å². The molecule has 2 fully saturated rings. The van der Waals surface area contributed by atoms with Gasteiger partial charge in [0.05, 0.1) is 0 Å². The van der Waals surface area contributed by atoms with Gasteiger partial charge in [0.15, 0.2) is 0 Å². The number of hydrogen-bond acceptors (Lipinski definition) is 0. The lowest BCUT2D eigenvalue weighted by molar-refractivity contribution is -0.146. The molecule has 0 aromatic heterocycles. The lowest BCUT2D eigenvalue weighted by atomic mass is 9.34. The maximum absolute atomic E-state index is 4.95. The molecule has 204 valence electrons. The molecule has 2 aliphatic rings. The molecule has 0 nitrogen and oxygen atoms in total. The van der Waals surface area contributed by atoms with Crippen molar-refractivity contribution in [3.05, 3.63) is 24.3 Å². The van der Waals surface area contributed by atoms with Gasteiger partial charge in [0.2, 0.25) is 0 Å². The Hall–Kier alpha value is -0.520. The zero-order chi connectivity index (χ0) is 27.8. The fraction of sp³-hybridized carbons (Fsp3) is 0.886. The van der Waals surface area contributed by atoms with Gasteiger partial charge in [-0.2, -0.15) is 0 Å². The van der Waals surface area contributed by atoms with Crippen LogP contribution in [0.2, 0.25) is 0 Å². The van der Waals surface area contributed by atoms with Crippen LogP contribution in [0.1, 0.15) is 143 Å². The maximum Gasteiger partial charge on any atom is 0.00205 e. The highest BCUT2D eigenvalue weighted by molar-refractivity contribution is 5.40. The van der Waals surface area contributed by atoms with Crippen molar-refractivity contribution < 1.29 is 0 Å². The first-order chi connectivity index (χ1) is 15.5. The van der Waals surface area contributed by atoms with E-state index in [2.05, 4.69) is 111 Å². The number of rotatable bonds is 6. The lowest BCUT2D eigenvalue weighted by Gasteiger charge is -2.69. The highest BCUT2D eigenvalue weighted by Gasteiger charge is 2.76. The molecule has 0 heterocycles. The minimum absolute atomic E-state index is 0.0704. The van der Waals surface area contributed by atoms with Gasteiger partial charge in [0, 0.05) is 5.41 Å². The van der Waals surface area contributed by atoms with Crippen molar-refractivity contribution in [1.29, 1.82) is 0 Å². The predicted octanol–water partition coefficient (Wildman–Crippen LogP) is 11.5. The van der Waals surface area contributed by atoms with Gasteiger partial charge in [0.25, 0.3) is 0 Å². The van der Waals surface area contributed by atoms with Gasteiger partial charge in [-0.05, 0) is 75.4 Å². The van der Waals surface area contributed by atoms with Crippen molar-refractivity contribution in [1.82, 2.24) is 0 Å². The average molecular weight is 485 g/mol. The Balaban J connectivity index is 3.03. The van der Waals surface area contributed by atoms with Gasteiger partial charge in [-0.15, -0.1) is 0 Å². The Morgan fingerprint density at radius 2 is 1.29 bits per heavy atom. The molecule has 2 unspecified atom stereocenters. The summed E-state index contributed by atoms with van der Waals surface area (Å²) in [7, 11) is 0. The zero-order valence-corrected chi connectivity index (χ0v) is 27.1. The number of hydrogen-bond donors (Lipinski definition) is 0. The van der Waals surface area contributed by atoms with E-state index >= 15 is 0 Å².